The van der Waals surface area contributed by atoms with E-state index in [0.717, 1.165) is 74.9 Å². The van der Waals surface area contributed by atoms with Crippen LogP contribution in [0.4, 0.5) is 16.4 Å². The fourth-order valence-corrected chi connectivity index (χ4v) is 4.92. The van der Waals surface area contributed by atoms with Gasteiger partial charge in [0.1, 0.15) is 17.2 Å². The van der Waals surface area contributed by atoms with Crippen LogP contribution in [-0.4, -0.2) is 78.5 Å². The van der Waals surface area contributed by atoms with Gasteiger partial charge >= 0.3 is 6.09 Å². The fraction of sp³-hybridized carbons (Fsp3) is 0.609. The Labute approximate surface area is 183 Å². The second-order valence-electron chi connectivity index (χ2n) is 9.67. The summed E-state index contributed by atoms with van der Waals surface area (Å²) in [5.41, 5.74) is 0.471. The average molecular weight is 426 g/mol. The molecule has 0 aliphatic carbocycles. The van der Waals surface area contributed by atoms with Crippen LogP contribution < -0.4 is 9.80 Å². The lowest BCUT2D eigenvalue weighted by atomic mass is 10.1. The van der Waals surface area contributed by atoms with Crippen LogP contribution >= 0.6 is 0 Å². The van der Waals surface area contributed by atoms with E-state index in [1.54, 1.807) is 0 Å². The number of morpholine rings is 1. The van der Waals surface area contributed by atoms with Gasteiger partial charge in [-0.2, -0.15) is 0 Å². The molecular formula is C23H31N5O3. The molecule has 8 heteroatoms. The predicted molar refractivity (Wildman–Crippen MR) is 120 cm³/mol. The number of rotatable bonds is 2. The van der Waals surface area contributed by atoms with Gasteiger partial charge in [0.25, 0.3) is 0 Å². The quantitative estimate of drug-likeness (QED) is 0.733. The van der Waals surface area contributed by atoms with Crippen LogP contribution in [-0.2, 0) is 9.47 Å². The second-order valence-corrected chi connectivity index (χ2v) is 9.67. The van der Waals surface area contributed by atoms with Gasteiger partial charge in [0.15, 0.2) is 0 Å². The monoisotopic (exact) mass is 425 g/mol. The smallest absolute Gasteiger partial charge is 0.410 e. The normalized spacial score (nSPS) is 24.0. The predicted octanol–water partition coefficient (Wildman–Crippen LogP) is 2.91. The summed E-state index contributed by atoms with van der Waals surface area (Å²) in [4.78, 5) is 29.0. The van der Waals surface area contributed by atoms with Crippen LogP contribution in [0.15, 0.2) is 24.4 Å². The summed E-state index contributed by atoms with van der Waals surface area (Å²) in [6, 6.07) is 6.29. The van der Waals surface area contributed by atoms with E-state index in [0.29, 0.717) is 5.92 Å². The van der Waals surface area contributed by atoms with E-state index in [1.807, 2.05) is 37.9 Å². The zero-order chi connectivity index (χ0) is 21.6. The van der Waals surface area contributed by atoms with Crippen molar-refractivity contribution in [2.75, 3.05) is 55.7 Å². The van der Waals surface area contributed by atoms with Crippen LogP contribution in [0.2, 0.25) is 0 Å². The first kappa shape index (κ1) is 20.3. The minimum Gasteiger partial charge on any atom is -0.444 e. The van der Waals surface area contributed by atoms with Crippen molar-refractivity contribution in [1.82, 2.24) is 14.9 Å². The van der Waals surface area contributed by atoms with Gasteiger partial charge < -0.3 is 24.2 Å². The minimum atomic E-state index is -0.483. The maximum absolute atomic E-state index is 12.8. The van der Waals surface area contributed by atoms with Crippen LogP contribution in [0.25, 0.3) is 10.9 Å². The molecule has 31 heavy (non-hydrogen) atoms. The number of ether oxygens (including phenoxy) is 2. The van der Waals surface area contributed by atoms with E-state index in [4.69, 9.17) is 14.5 Å². The van der Waals surface area contributed by atoms with Gasteiger partial charge in [-0.05, 0) is 39.3 Å². The Hall–Kier alpha value is -2.61. The molecule has 2 aromatic heterocycles. The molecule has 2 unspecified atom stereocenters. The number of amides is 1. The SMILES string of the molecule is CC(C)(C)OC(=O)N1CCC2CN(c3nc(N4CCOCC4)cc4ncccc34)CC21. The molecule has 5 heterocycles. The van der Waals surface area contributed by atoms with E-state index < -0.39 is 5.60 Å². The highest BCUT2D eigenvalue weighted by molar-refractivity contribution is 5.92. The van der Waals surface area contributed by atoms with E-state index in [1.165, 1.54) is 0 Å². The fourth-order valence-electron chi connectivity index (χ4n) is 4.92. The molecule has 0 N–H and O–H groups in total. The Bertz CT molecular complexity index is 969. The lowest BCUT2D eigenvalue weighted by Gasteiger charge is -2.30. The summed E-state index contributed by atoms with van der Waals surface area (Å²) in [7, 11) is 0. The van der Waals surface area contributed by atoms with E-state index in [9.17, 15) is 4.79 Å². The molecule has 3 aliphatic heterocycles. The summed E-state index contributed by atoms with van der Waals surface area (Å²) in [6.45, 7) is 11.3. The Balaban J connectivity index is 1.43. The van der Waals surface area contributed by atoms with Gasteiger partial charge in [-0.3, -0.25) is 4.98 Å². The second kappa shape index (κ2) is 7.82. The third-order valence-corrected chi connectivity index (χ3v) is 6.38. The van der Waals surface area contributed by atoms with Crippen LogP contribution in [0, 0.1) is 5.92 Å². The molecule has 0 aromatic carbocycles. The molecule has 3 fully saturated rings. The number of pyridine rings is 2. The van der Waals surface area contributed by atoms with Crippen molar-refractivity contribution in [1.29, 1.82) is 0 Å². The summed E-state index contributed by atoms with van der Waals surface area (Å²) in [5, 5.41) is 1.06. The standard InChI is InChI=1S/C23H31N5O3/c1-23(2,3)31-22(29)28-8-6-16-14-27(15-19(16)28)21-17-5-4-7-24-18(17)13-20(25-21)26-9-11-30-12-10-26/h4-5,7,13,16,19H,6,8-12,14-15H2,1-3H3. The van der Waals surface area contributed by atoms with Crippen molar-refractivity contribution >= 4 is 28.6 Å². The molecule has 0 radical (unpaired) electrons. The average Bonchev–Trinajstić information content (AvgIpc) is 3.33. The highest BCUT2D eigenvalue weighted by Crippen LogP contribution is 2.37. The first-order chi connectivity index (χ1) is 14.9. The molecule has 0 spiro atoms. The third kappa shape index (κ3) is 4.01. The number of carbonyl (C=O) groups is 1. The van der Waals surface area contributed by atoms with Crippen molar-refractivity contribution in [2.24, 2.45) is 5.92 Å². The summed E-state index contributed by atoms with van der Waals surface area (Å²) < 4.78 is 11.2. The number of aromatic nitrogens is 2. The van der Waals surface area contributed by atoms with Gasteiger partial charge in [-0.25, -0.2) is 9.78 Å². The number of hydrogen-bond acceptors (Lipinski definition) is 7. The van der Waals surface area contributed by atoms with Crippen molar-refractivity contribution in [2.45, 2.75) is 38.8 Å². The maximum atomic E-state index is 12.8. The van der Waals surface area contributed by atoms with Crippen molar-refractivity contribution < 1.29 is 14.3 Å². The highest BCUT2D eigenvalue weighted by Gasteiger charge is 2.45. The van der Waals surface area contributed by atoms with Gasteiger partial charge in [-0.15, -0.1) is 0 Å². The number of fused-ring (bicyclic) bond motifs is 2. The van der Waals surface area contributed by atoms with Gasteiger partial charge in [0.2, 0.25) is 0 Å². The molecule has 3 saturated heterocycles. The number of nitrogens with zero attached hydrogens (tertiary/aromatic N) is 5. The molecule has 0 bridgehead atoms. The van der Waals surface area contributed by atoms with Crippen molar-refractivity contribution in [3.63, 3.8) is 0 Å². The van der Waals surface area contributed by atoms with Crippen LogP contribution in [0.1, 0.15) is 27.2 Å². The summed E-state index contributed by atoms with van der Waals surface area (Å²) in [6.07, 6.45) is 2.63. The lowest BCUT2D eigenvalue weighted by molar-refractivity contribution is 0.0229. The maximum Gasteiger partial charge on any atom is 0.410 e. The summed E-state index contributed by atoms with van der Waals surface area (Å²) in [5.74, 6) is 2.35. The first-order valence-corrected chi connectivity index (χ1v) is 11.2. The third-order valence-electron chi connectivity index (χ3n) is 6.38. The van der Waals surface area contributed by atoms with Crippen molar-refractivity contribution in [3.8, 4) is 0 Å². The van der Waals surface area contributed by atoms with E-state index in [2.05, 4.69) is 26.9 Å². The lowest BCUT2D eigenvalue weighted by Crippen LogP contribution is -2.42. The van der Waals surface area contributed by atoms with Gasteiger partial charge in [0.05, 0.1) is 24.8 Å². The molecule has 2 atom stereocenters. The molecule has 166 valence electrons. The van der Waals surface area contributed by atoms with E-state index >= 15 is 0 Å². The van der Waals surface area contributed by atoms with Crippen LogP contribution in [0.3, 0.4) is 0 Å². The highest BCUT2D eigenvalue weighted by atomic mass is 16.6. The zero-order valence-corrected chi connectivity index (χ0v) is 18.6. The molecule has 3 aliphatic rings. The van der Waals surface area contributed by atoms with Gasteiger partial charge in [0, 0.05) is 56.3 Å². The number of likely N-dealkylation sites (tertiary alicyclic amines) is 1. The number of hydrogen-bond donors (Lipinski definition) is 0. The van der Waals surface area contributed by atoms with Crippen molar-refractivity contribution in [3.05, 3.63) is 24.4 Å². The minimum absolute atomic E-state index is 0.162. The molecule has 8 nitrogen and oxygen atoms in total. The topological polar surface area (TPSA) is 71.0 Å². The Morgan fingerprint density at radius 3 is 2.74 bits per heavy atom. The molecule has 2 aromatic rings. The van der Waals surface area contributed by atoms with Crippen LogP contribution in [0.5, 0.6) is 0 Å². The zero-order valence-electron chi connectivity index (χ0n) is 18.6. The molecule has 0 saturated carbocycles. The molecule has 5 rings (SSSR count). The molecule has 1 amide bonds. The van der Waals surface area contributed by atoms with Gasteiger partial charge in [-0.1, -0.05) is 0 Å². The largest absolute Gasteiger partial charge is 0.444 e. The Kier molecular flexibility index (Phi) is 5.12. The van der Waals surface area contributed by atoms with E-state index in [-0.39, 0.29) is 12.1 Å². The summed E-state index contributed by atoms with van der Waals surface area (Å²) >= 11 is 0. The number of carbonyl (C=O) groups excluding carboxylic acids is 1. The first-order valence-electron chi connectivity index (χ1n) is 11.2. The molecular weight excluding hydrogens is 394 g/mol. The number of anilines is 2. The Morgan fingerprint density at radius 2 is 1.97 bits per heavy atom. The Morgan fingerprint density at radius 1 is 1.16 bits per heavy atom.